The van der Waals surface area contributed by atoms with Gasteiger partial charge in [-0.15, -0.1) is 0 Å². The first kappa shape index (κ1) is 10.6. The molecule has 2 atom stereocenters. The topological polar surface area (TPSA) is 37.3 Å². The molecule has 0 aliphatic heterocycles. The number of rotatable bonds is 4. The summed E-state index contributed by atoms with van der Waals surface area (Å²) in [6.07, 6.45) is 8.05. The van der Waals surface area contributed by atoms with Gasteiger partial charge >= 0.3 is 5.97 Å². The van der Waals surface area contributed by atoms with Crippen LogP contribution in [0.15, 0.2) is 12.2 Å². The van der Waals surface area contributed by atoms with Gasteiger partial charge in [-0.1, -0.05) is 19.1 Å². The number of carbonyl (C=O) groups is 1. The van der Waals surface area contributed by atoms with Gasteiger partial charge in [0.25, 0.3) is 0 Å². The van der Waals surface area contributed by atoms with E-state index < -0.39 is 5.97 Å². The van der Waals surface area contributed by atoms with Crippen LogP contribution in [-0.4, -0.2) is 22.1 Å². The van der Waals surface area contributed by atoms with Crippen molar-refractivity contribution in [1.82, 2.24) is 0 Å². The highest BCUT2D eigenvalue weighted by molar-refractivity contribution is 8.00. The molecular weight excluding hydrogens is 184 g/mol. The van der Waals surface area contributed by atoms with E-state index in [1.807, 2.05) is 0 Å². The first-order valence-corrected chi connectivity index (χ1v) is 5.76. The Balaban J connectivity index is 2.21. The third-order valence-electron chi connectivity index (χ3n) is 2.19. The molecule has 0 fully saturated rings. The first-order chi connectivity index (χ1) is 6.20. The Labute approximate surface area is 83.4 Å². The second kappa shape index (κ2) is 5.32. The third kappa shape index (κ3) is 3.85. The van der Waals surface area contributed by atoms with Crippen LogP contribution < -0.4 is 0 Å². The summed E-state index contributed by atoms with van der Waals surface area (Å²) in [5.41, 5.74) is 0. The van der Waals surface area contributed by atoms with E-state index in [1.165, 1.54) is 19.3 Å². The van der Waals surface area contributed by atoms with Gasteiger partial charge in [0.05, 0.1) is 5.92 Å². The van der Waals surface area contributed by atoms with Crippen LogP contribution in [0.5, 0.6) is 0 Å². The maximum absolute atomic E-state index is 10.5. The van der Waals surface area contributed by atoms with Crippen molar-refractivity contribution in [2.75, 3.05) is 5.75 Å². The van der Waals surface area contributed by atoms with Gasteiger partial charge in [0, 0.05) is 11.0 Å². The van der Waals surface area contributed by atoms with E-state index in [0.29, 0.717) is 5.25 Å². The Morgan fingerprint density at radius 1 is 1.77 bits per heavy atom. The Morgan fingerprint density at radius 3 is 3.08 bits per heavy atom. The lowest BCUT2D eigenvalue weighted by Crippen LogP contribution is -2.14. The fraction of sp³-hybridized carbons (Fsp3) is 0.700. The highest BCUT2D eigenvalue weighted by Crippen LogP contribution is 2.24. The Morgan fingerprint density at radius 2 is 2.54 bits per heavy atom. The fourth-order valence-corrected chi connectivity index (χ4v) is 2.49. The summed E-state index contributed by atoms with van der Waals surface area (Å²) in [7, 11) is 0. The average molecular weight is 200 g/mol. The highest BCUT2D eigenvalue weighted by Gasteiger charge is 2.14. The number of carboxylic acids is 1. The minimum Gasteiger partial charge on any atom is -0.481 e. The summed E-state index contributed by atoms with van der Waals surface area (Å²) >= 11 is 1.77. The summed E-state index contributed by atoms with van der Waals surface area (Å²) in [5.74, 6) is -0.183. The second-order valence-corrected chi connectivity index (χ2v) is 4.74. The van der Waals surface area contributed by atoms with E-state index in [9.17, 15) is 4.79 Å². The molecule has 1 aliphatic carbocycles. The molecule has 0 aromatic carbocycles. The maximum atomic E-state index is 10.5. The summed E-state index contributed by atoms with van der Waals surface area (Å²) in [6, 6.07) is 0. The Hall–Kier alpha value is -0.440. The van der Waals surface area contributed by atoms with Crippen LogP contribution in [0.4, 0.5) is 0 Å². The van der Waals surface area contributed by atoms with Crippen molar-refractivity contribution in [1.29, 1.82) is 0 Å². The van der Waals surface area contributed by atoms with Crippen LogP contribution in [-0.2, 0) is 4.79 Å². The molecule has 3 heteroatoms. The number of aliphatic carboxylic acids is 1. The first-order valence-electron chi connectivity index (χ1n) is 4.71. The summed E-state index contributed by atoms with van der Waals surface area (Å²) in [4.78, 5) is 10.5. The number of carboxylic acid groups (broad SMARTS) is 1. The van der Waals surface area contributed by atoms with Crippen molar-refractivity contribution in [2.45, 2.75) is 31.4 Å². The lowest BCUT2D eigenvalue weighted by atomic mass is 10.1. The summed E-state index contributed by atoms with van der Waals surface area (Å²) in [5, 5.41) is 9.23. The van der Waals surface area contributed by atoms with Gasteiger partial charge in [-0.2, -0.15) is 11.8 Å². The third-order valence-corrected chi connectivity index (χ3v) is 3.71. The van der Waals surface area contributed by atoms with Crippen molar-refractivity contribution in [3.8, 4) is 0 Å². The van der Waals surface area contributed by atoms with Gasteiger partial charge in [-0.25, -0.2) is 0 Å². The normalized spacial score (nSPS) is 24.2. The van der Waals surface area contributed by atoms with Crippen molar-refractivity contribution in [2.24, 2.45) is 5.92 Å². The van der Waals surface area contributed by atoms with E-state index in [2.05, 4.69) is 12.2 Å². The molecule has 0 heterocycles. The summed E-state index contributed by atoms with van der Waals surface area (Å²) < 4.78 is 0. The molecule has 0 saturated heterocycles. The minimum absolute atomic E-state index is 0.222. The number of allylic oxidation sites excluding steroid dienone is 1. The molecule has 1 rings (SSSR count). The largest absolute Gasteiger partial charge is 0.481 e. The standard InChI is InChI=1S/C10H16O2S/c1-8(10(11)12)7-13-9-5-3-2-4-6-9/h3,5,8-9H,2,4,6-7H2,1H3,(H,11,12). The zero-order chi connectivity index (χ0) is 9.68. The molecule has 0 radical (unpaired) electrons. The molecule has 0 amide bonds. The minimum atomic E-state index is -0.688. The van der Waals surface area contributed by atoms with E-state index in [4.69, 9.17) is 5.11 Å². The van der Waals surface area contributed by atoms with Gasteiger partial charge in [0.15, 0.2) is 0 Å². The quantitative estimate of drug-likeness (QED) is 0.709. The van der Waals surface area contributed by atoms with Crippen molar-refractivity contribution in [3.05, 3.63) is 12.2 Å². The molecule has 0 saturated carbocycles. The van der Waals surface area contributed by atoms with E-state index >= 15 is 0 Å². The monoisotopic (exact) mass is 200 g/mol. The van der Waals surface area contributed by atoms with Crippen molar-refractivity contribution < 1.29 is 9.90 Å². The number of thioether (sulfide) groups is 1. The molecule has 13 heavy (non-hydrogen) atoms. The number of hydrogen-bond acceptors (Lipinski definition) is 2. The molecule has 0 bridgehead atoms. The lowest BCUT2D eigenvalue weighted by molar-refractivity contribution is -0.140. The highest BCUT2D eigenvalue weighted by atomic mass is 32.2. The van der Waals surface area contributed by atoms with Crippen LogP contribution in [0.2, 0.25) is 0 Å². The van der Waals surface area contributed by atoms with Gasteiger partial charge in [-0.05, 0) is 19.3 Å². The van der Waals surface area contributed by atoms with Gasteiger partial charge < -0.3 is 5.11 Å². The van der Waals surface area contributed by atoms with Crippen LogP contribution in [0.3, 0.4) is 0 Å². The molecule has 1 aliphatic rings. The zero-order valence-electron chi connectivity index (χ0n) is 7.90. The fourth-order valence-electron chi connectivity index (χ4n) is 1.26. The second-order valence-electron chi connectivity index (χ2n) is 3.47. The van der Waals surface area contributed by atoms with Crippen LogP contribution >= 0.6 is 11.8 Å². The lowest BCUT2D eigenvalue weighted by Gasteiger charge is -2.16. The molecule has 0 aromatic heterocycles. The predicted molar refractivity (Wildman–Crippen MR) is 56.0 cm³/mol. The average Bonchev–Trinajstić information content (AvgIpc) is 2.15. The van der Waals surface area contributed by atoms with Crippen LogP contribution in [0, 0.1) is 5.92 Å². The Kier molecular flexibility index (Phi) is 4.36. The van der Waals surface area contributed by atoms with Gasteiger partial charge in [0.2, 0.25) is 0 Å². The molecule has 0 aromatic rings. The zero-order valence-corrected chi connectivity index (χ0v) is 8.72. The molecule has 0 spiro atoms. The van der Waals surface area contributed by atoms with Crippen molar-refractivity contribution >= 4 is 17.7 Å². The van der Waals surface area contributed by atoms with Crippen LogP contribution in [0.25, 0.3) is 0 Å². The summed E-state index contributed by atoms with van der Waals surface area (Å²) in [6.45, 7) is 1.77. The SMILES string of the molecule is CC(CSC1C=CCCC1)C(=O)O. The maximum Gasteiger partial charge on any atom is 0.307 e. The smallest absolute Gasteiger partial charge is 0.307 e. The molecule has 74 valence electrons. The molecule has 2 nitrogen and oxygen atoms in total. The molecular formula is C10H16O2S. The Bertz CT molecular complexity index is 201. The van der Waals surface area contributed by atoms with Crippen LogP contribution in [0.1, 0.15) is 26.2 Å². The predicted octanol–water partition coefficient (Wildman–Crippen LogP) is 2.55. The van der Waals surface area contributed by atoms with E-state index in [1.54, 1.807) is 18.7 Å². The van der Waals surface area contributed by atoms with Gasteiger partial charge in [-0.3, -0.25) is 4.79 Å². The molecule has 1 N–H and O–H groups in total. The van der Waals surface area contributed by atoms with Gasteiger partial charge in [0.1, 0.15) is 0 Å². The van der Waals surface area contributed by atoms with E-state index in [-0.39, 0.29) is 5.92 Å². The van der Waals surface area contributed by atoms with E-state index in [0.717, 1.165) is 5.75 Å². The number of hydrogen-bond donors (Lipinski definition) is 1. The molecule has 2 unspecified atom stereocenters. The van der Waals surface area contributed by atoms with Crippen molar-refractivity contribution in [3.63, 3.8) is 0 Å².